The molecule has 0 unspecified atom stereocenters. The maximum atomic E-state index is 4.85. The van der Waals surface area contributed by atoms with E-state index in [2.05, 4.69) is 117 Å². The van der Waals surface area contributed by atoms with Crippen molar-refractivity contribution < 1.29 is 20.1 Å². The number of pyridine rings is 1. The van der Waals surface area contributed by atoms with E-state index in [1.165, 1.54) is 43.6 Å². The number of aromatic nitrogens is 1. The van der Waals surface area contributed by atoms with Crippen molar-refractivity contribution in [1.82, 2.24) is 4.98 Å². The number of benzene rings is 5. The molecule has 167 valence electrons. The van der Waals surface area contributed by atoms with Crippen molar-refractivity contribution >= 4 is 32.3 Å². The van der Waals surface area contributed by atoms with E-state index in [-0.39, 0.29) is 20.1 Å². The summed E-state index contributed by atoms with van der Waals surface area (Å²) in [5.41, 5.74) is 5.66. The summed E-state index contributed by atoms with van der Waals surface area (Å²) in [7, 11) is 0. The number of rotatable bonds is 3. The van der Waals surface area contributed by atoms with Crippen LogP contribution >= 0.6 is 0 Å². The van der Waals surface area contributed by atoms with Crippen LogP contribution in [0.3, 0.4) is 0 Å². The molecular formula is C32H24IrN-. The molecule has 0 saturated carbocycles. The van der Waals surface area contributed by atoms with Crippen molar-refractivity contribution in [3.63, 3.8) is 0 Å². The monoisotopic (exact) mass is 615 g/mol. The second-order valence-electron chi connectivity index (χ2n) is 8.96. The van der Waals surface area contributed by atoms with Crippen molar-refractivity contribution in [1.29, 1.82) is 0 Å². The van der Waals surface area contributed by atoms with E-state index in [4.69, 9.17) is 4.98 Å². The Balaban J connectivity index is 0.00000241. The van der Waals surface area contributed by atoms with E-state index in [0.29, 0.717) is 5.92 Å². The Morgan fingerprint density at radius 1 is 0.618 bits per heavy atom. The van der Waals surface area contributed by atoms with Crippen molar-refractivity contribution in [3.05, 3.63) is 115 Å². The van der Waals surface area contributed by atoms with Gasteiger partial charge in [-0.1, -0.05) is 92.7 Å². The third kappa shape index (κ3) is 3.84. The molecule has 1 aromatic heterocycles. The Bertz CT molecular complexity index is 1630. The molecule has 2 heteroatoms. The van der Waals surface area contributed by atoms with Crippen LogP contribution in [0, 0.1) is 6.07 Å². The average molecular weight is 615 g/mol. The number of hydrogen-bond donors (Lipinski definition) is 0. The first-order valence-corrected chi connectivity index (χ1v) is 11.5. The van der Waals surface area contributed by atoms with Gasteiger partial charge in [-0.2, -0.15) is 0 Å². The van der Waals surface area contributed by atoms with Gasteiger partial charge in [0.05, 0.1) is 0 Å². The van der Waals surface area contributed by atoms with E-state index in [0.717, 1.165) is 16.6 Å². The minimum Gasteiger partial charge on any atom is -0.304 e. The maximum absolute atomic E-state index is 4.85. The van der Waals surface area contributed by atoms with E-state index in [9.17, 15) is 0 Å². The van der Waals surface area contributed by atoms with Crippen LogP contribution in [0.5, 0.6) is 0 Å². The van der Waals surface area contributed by atoms with Gasteiger partial charge in [-0.25, -0.2) is 0 Å². The van der Waals surface area contributed by atoms with E-state index < -0.39 is 0 Å². The Morgan fingerprint density at radius 2 is 1.29 bits per heavy atom. The van der Waals surface area contributed by atoms with Gasteiger partial charge in [0.1, 0.15) is 0 Å². The Hall–Kier alpha value is -3.32. The predicted octanol–water partition coefficient (Wildman–Crippen LogP) is 8.80. The molecule has 0 spiro atoms. The summed E-state index contributed by atoms with van der Waals surface area (Å²) in [6.07, 6.45) is 1.93. The van der Waals surface area contributed by atoms with E-state index >= 15 is 0 Å². The van der Waals surface area contributed by atoms with E-state index in [1.807, 2.05) is 6.20 Å². The molecule has 6 aromatic rings. The first kappa shape index (κ1) is 22.5. The second-order valence-corrected chi connectivity index (χ2v) is 8.96. The minimum atomic E-state index is 0. The summed E-state index contributed by atoms with van der Waals surface area (Å²) >= 11 is 0. The van der Waals surface area contributed by atoms with Gasteiger partial charge in [-0.05, 0) is 55.6 Å². The SMILES string of the molecule is CC(C)c1[c-]c(-c2nccc3c2ccc2c4ccccc4ccc32)cc(-c2ccccc2)c1.[Ir]. The van der Waals surface area contributed by atoms with Crippen LogP contribution in [0.1, 0.15) is 25.3 Å². The smallest absolute Gasteiger partial charge is 0.0167 e. The number of fused-ring (bicyclic) bond motifs is 5. The molecule has 1 radical (unpaired) electrons. The number of hydrogen-bond acceptors (Lipinski definition) is 1. The van der Waals surface area contributed by atoms with Crippen molar-refractivity contribution in [2.24, 2.45) is 0 Å². The van der Waals surface area contributed by atoms with Gasteiger partial charge in [0.15, 0.2) is 0 Å². The van der Waals surface area contributed by atoms with E-state index in [1.54, 1.807) is 0 Å². The number of nitrogens with zero attached hydrogens (tertiary/aromatic N) is 1. The van der Waals surface area contributed by atoms with Gasteiger partial charge in [0.2, 0.25) is 0 Å². The van der Waals surface area contributed by atoms with Gasteiger partial charge in [0.25, 0.3) is 0 Å². The van der Waals surface area contributed by atoms with Crippen LogP contribution in [0.4, 0.5) is 0 Å². The molecule has 0 bridgehead atoms. The summed E-state index contributed by atoms with van der Waals surface area (Å²) in [5.74, 6) is 0.384. The summed E-state index contributed by atoms with van der Waals surface area (Å²) in [6.45, 7) is 4.44. The van der Waals surface area contributed by atoms with Crippen molar-refractivity contribution in [2.45, 2.75) is 19.8 Å². The zero-order valence-corrected chi connectivity index (χ0v) is 21.6. The maximum Gasteiger partial charge on any atom is 0.0167 e. The Labute approximate surface area is 213 Å². The molecule has 0 amide bonds. The van der Waals surface area contributed by atoms with Crippen LogP contribution in [-0.2, 0) is 20.1 Å². The molecule has 1 nitrogen and oxygen atoms in total. The molecule has 5 aromatic carbocycles. The fraction of sp³-hybridized carbons (Fsp3) is 0.0938. The van der Waals surface area contributed by atoms with Gasteiger partial charge in [-0.3, -0.25) is 0 Å². The Morgan fingerprint density at radius 3 is 2.12 bits per heavy atom. The van der Waals surface area contributed by atoms with Crippen molar-refractivity contribution in [3.8, 4) is 22.4 Å². The first-order valence-electron chi connectivity index (χ1n) is 11.5. The summed E-state index contributed by atoms with van der Waals surface area (Å²) < 4.78 is 0. The summed E-state index contributed by atoms with van der Waals surface area (Å²) in [5, 5.41) is 7.49. The third-order valence-electron chi connectivity index (χ3n) is 6.54. The van der Waals surface area contributed by atoms with Crippen LogP contribution in [-0.4, -0.2) is 4.98 Å². The molecule has 6 rings (SSSR count). The molecule has 0 aliphatic rings. The molecule has 1 heterocycles. The zero-order chi connectivity index (χ0) is 22.4. The quantitative estimate of drug-likeness (QED) is 0.143. The predicted molar refractivity (Wildman–Crippen MR) is 141 cm³/mol. The third-order valence-corrected chi connectivity index (χ3v) is 6.54. The molecule has 0 atom stereocenters. The standard InChI is InChI=1S/C32H24N.Ir/c1-21(2)24-18-25(22-8-4-3-5-9-22)20-26(19-24)32-31-15-14-28-27-11-7-6-10-23(27)12-13-29(28)30(31)16-17-33-32;/h3-18,20-21H,1-2H3;/q-1;. The van der Waals surface area contributed by atoms with Crippen LogP contribution in [0.15, 0.2) is 103 Å². The van der Waals surface area contributed by atoms with Crippen LogP contribution in [0.2, 0.25) is 0 Å². The molecule has 0 N–H and O–H groups in total. The first-order chi connectivity index (χ1) is 16.2. The normalized spacial score (nSPS) is 11.3. The molecule has 34 heavy (non-hydrogen) atoms. The largest absolute Gasteiger partial charge is 0.304 e. The summed E-state index contributed by atoms with van der Waals surface area (Å²) in [4.78, 5) is 4.85. The average Bonchev–Trinajstić information content (AvgIpc) is 2.88. The van der Waals surface area contributed by atoms with Gasteiger partial charge in [-0.15, -0.1) is 34.9 Å². The summed E-state index contributed by atoms with van der Waals surface area (Å²) in [6, 6.07) is 38.4. The Kier molecular flexibility index (Phi) is 6.04. The molecule has 0 fully saturated rings. The fourth-order valence-corrected chi connectivity index (χ4v) is 4.80. The second kappa shape index (κ2) is 9.14. The molecule has 0 aliphatic heterocycles. The van der Waals surface area contributed by atoms with Gasteiger partial charge in [0, 0.05) is 26.3 Å². The van der Waals surface area contributed by atoms with Crippen LogP contribution < -0.4 is 0 Å². The van der Waals surface area contributed by atoms with Crippen LogP contribution in [0.25, 0.3) is 54.7 Å². The molecule has 0 aliphatic carbocycles. The zero-order valence-electron chi connectivity index (χ0n) is 19.2. The molecular weight excluding hydrogens is 591 g/mol. The van der Waals surface area contributed by atoms with Crippen molar-refractivity contribution in [2.75, 3.05) is 0 Å². The van der Waals surface area contributed by atoms with Gasteiger partial charge < -0.3 is 4.98 Å². The topological polar surface area (TPSA) is 12.9 Å². The van der Waals surface area contributed by atoms with Gasteiger partial charge >= 0.3 is 0 Å². The minimum absolute atomic E-state index is 0. The fourth-order valence-electron chi connectivity index (χ4n) is 4.80. The molecule has 0 saturated heterocycles.